The number of nitrogens with zero attached hydrogens (tertiary/aromatic N) is 2. The van der Waals surface area contributed by atoms with Crippen molar-refractivity contribution in [3.63, 3.8) is 0 Å². The third-order valence-electron chi connectivity index (χ3n) is 11.0. The molecule has 2 aromatic heterocycles. The van der Waals surface area contributed by atoms with Gasteiger partial charge in [-0.1, -0.05) is 157 Å². The topological polar surface area (TPSA) is 38.9 Å². The number of fused-ring (bicyclic) bond motifs is 3. The second kappa shape index (κ2) is 16.2. The molecule has 0 radical (unpaired) electrons. The van der Waals surface area contributed by atoms with E-state index in [1.807, 2.05) is 36.4 Å². The minimum absolute atomic E-state index is 0.687. The molecular weight excluding hydrogens is 705 g/mol. The predicted molar refractivity (Wildman–Crippen MR) is 244 cm³/mol. The van der Waals surface area contributed by atoms with E-state index in [9.17, 15) is 0 Å². The van der Waals surface area contributed by atoms with E-state index in [0.717, 1.165) is 66.7 Å². The average molecular weight is 749 g/mol. The molecule has 0 aliphatic heterocycles. The van der Waals surface area contributed by atoms with Crippen molar-refractivity contribution in [3.05, 3.63) is 205 Å². The first-order valence-corrected chi connectivity index (χ1v) is 20.0. The Hall–Kier alpha value is -7.10. The zero-order valence-electron chi connectivity index (χ0n) is 33.1. The van der Waals surface area contributed by atoms with Gasteiger partial charge in [-0.25, -0.2) is 9.97 Å². The molecule has 0 N–H and O–H groups in total. The van der Waals surface area contributed by atoms with E-state index in [-0.39, 0.29) is 0 Å². The van der Waals surface area contributed by atoms with Crippen LogP contribution in [0.5, 0.6) is 0 Å². The molecule has 7 aromatic carbocycles. The van der Waals surface area contributed by atoms with Crippen molar-refractivity contribution in [1.29, 1.82) is 0 Å². The predicted octanol–water partition coefficient (Wildman–Crippen LogP) is 15.3. The molecule has 58 heavy (non-hydrogen) atoms. The summed E-state index contributed by atoms with van der Waals surface area (Å²) in [4.78, 5) is 10.2. The van der Waals surface area contributed by atoms with Crippen molar-refractivity contribution in [2.75, 3.05) is 0 Å². The quantitative estimate of drug-likeness (QED) is 0.170. The fourth-order valence-corrected chi connectivity index (χ4v) is 7.87. The summed E-state index contributed by atoms with van der Waals surface area (Å²) in [5.41, 5.74) is 17.6. The van der Waals surface area contributed by atoms with Gasteiger partial charge >= 0.3 is 0 Å². The number of rotatable bonds is 6. The average Bonchev–Trinajstić information content (AvgIpc) is 3.66. The number of allylic oxidation sites excluding steroid dienone is 4. The number of hydrogen-bond acceptors (Lipinski definition) is 3. The van der Waals surface area contributed by atoms with Crippen LogP contribution >= 0.6 is 0 Å². The molecule has 0 amide bonds. The summed E-state index contributed by atoms with van der Waals surface area (Å²) >= 11 is 0. The highest BCUT2D eigenvalue weighted by atomic mass is 16.3. The lowest BCUT2D eigenvalue weighted by atomic mass is 9.92. The molecule has 9 aromatic rings. The van der Waals surface area contributed by atoms with Crippen LogP contribution in [0.2, 0.25) is 0 Å². The van der Waals surface area contributed by atoms with Crippen molar-refractivity contribution < 1.29 is 4.42 Å². The normalized spacial score (nSPS) is 12.3. The zero-order valence-corrected chi connectivity index (χ0v) is 33.1. The number of benzene rings is 7. The Balaban J connectivity index is 0.000000565. The third-order valence-corrected chi connectivity index (χ3v) is 11.0. The fourth-order valence-electron chi connectivity index (χ4n) is 7.87. The van der Waals surface area contributed by atoms with E-state index >= 15 is 0 Å². The number of furan rings is 1. The minimum Gasteiger partial charge on any atom is -0.456 e. The Labute approximate surface area is 340 Å². The minimum atomic E-state index is 0.687. The highest BCUT2D eigenvalue weighted by molar-refractivity contribution is 6.13. The van der Waals surface area contributed by atoms with Crippen molar-refractivity contribution in [2.45, 2.75) is 33.6 Å². The second-order valence-electron chi connectivity index (χ2n) is 15.0. The van der Waals surface area contributed by atoms with Crippen LogP contribution in [0.25, 0.3) is 89.2 Å². The zero-order chi connectivity index (χ0) is 39.4. The van der Waals surface area contributed by atoms with Gasteiger partial charge in [-0.2, -0.15) is 0 Å². The smallest absolute Gasteiger partial charge is 0.160 e. The van der Waals surface area contributed by atoms with Crippen molar-refractivity contribution in [1.82, 2.24) is 9.97 Å². The molecule has 0 bridgehead atoms. The van der Waals surface area contributed by atoms with Crippen LogP contribution in [-0.2, 0) is 0 Å². The van der Waals surface area contributed by atoms with Crippen molar-refractivity contribution >= 4 is 21.9 Å². The first-order valence-electron chi connectivity index (χ1n) is 20.0. The molecular formula is C55H44N2O. The molecule has 10 rings (SSSR count). The number of aromatic nitrogens is 2. The highest BCUT2D eigenvalue weighted by Crippen LogP contribution is 2.40. The molecule has 0 fully saturated rings. The van der Waals surface area contributed by atoms with Crippen LogP contribution in [0.15, 0.2) is 198 Å². The Bertz CT molecular complexity index is 2910. The Morgan fingerprint density at radius 1 is 0.431 bits per heavy atom. The molecule has 0 saturated heterocycles. The third kappa shape index (κ3) is 7.55. The monoisotopic (exact) mass is 748 g/mol. The van der Waals surface area contributed by atoms with Gasteiger partial charge in [0.25, 0.3) is 0 Å². The lowest BCUT2D eigenvalue weighted by molar-refractivity contribution is 0.669. The van der Waals surface area contributed by atoms with Gasteiger partial charge in [-0.3, -0.25) is 0 Å². The molecule has 3 heteroatoms. The van der Waals surface area contributed by atoms with Gasteiger partial charge in [0.15, 0.2) is 5.82 Å². The summed E-state index contributed by atoms with van der Waals surface area (Å²) in [5.74, 6) is 0.687. The maximum Gasteiger partial charge on any atom is 0.160 e. The van der Waals surface area contributed by atoms with Crippen LogP contribution in [0.3, 0.4) is 0 Å². The van der Waals surface area contributed by atoms with Gasteiger partial charge in [-0.05, 0) is 115 Å². The molecule has 0 spiro atoms. The summed E-state index contributed by atoms with van der Waals surface area (Å²) in [7, 11) is 0. The van der Waals surface area contributed by atoms with Crippen molar-refractivity contribution in [2.24, 2.45) is 0 Å². The van der Waals surface area contributed by atoms with Gasteiger partial charge in [-0.15, -0.1) is 0 Å². The van der Waals surface area contributed by atoms with E-state index in [1.165, 1.54) is 46.2 Å². The van der Waals surface area contributed by atoms with E-state index in [4.69, 9.17) is 14.4 Å². The molecule has 1 aliphatic rings. The first-order chi connectivity index (χ1) is 28.5. The van der Waals surface area contributed by atoms with Crippen LogP contribution < -0.4 is 0 Å². The maximum atomic E-state index is 6.45. The summed E-state index contributed by atoms with van der Waals surface area (Å²) in [6.07, 6.45) is 9.12. The van der Waals surface area contributed by atoms with Gasteiger partial charge < -0.3 is 4.42 Å². The second-order valence-corrected chi connectivity index (χ2v) is 15.0. The Morgan fingerprint density at radius 3 is 1.74 bits per heavy atom. The fraction of sp³-hybridized carbons (Fsp3) is 0.0909. The molecule has 2 heterocycles. The Kier molecular flexibility index (Phi) is 10.2. The summed E-state index contributed by atoms with van der Waals surface area (Å²) in [6, 6.07) is 59.5. The van der Waals surface area contributed by atoms with Gasteiger partial charge in [0, 0.05) is 27.5 Å². The molecule has 1 aliphatic carbocycles. The number of aryl methyl sites for hydroxylation is 2. The molecule has 3 nitrogen and oxygen atoms in total. The maximum absolute atomic E-state index is 6.45. The molecule has 0 unspecified atom stereocenters. The van der Waals surface area contributed by atoms with Crippen LogP contribution in [0, 0.1) is 13.8 Å². The van der Waals surface area contributed by atoms with Crippen molar-refractivity contribution in [3.8, 4) is 67.3 Å². The van der Waals surface area contributed by atoms with Gasteiger partial charge in [0.1, 0.15) is 11.2 Å². The van der Waals surface area contributed by atoms with Gasteiger partial charge in [0.2, 0.25) is 0 Å². The van der Waals surface area contributed by atoms with E-state index < -0.39 is 0 Å². The van der Waals surface area contributed by atoms with E-state index in [2.05, 4.69) is 172 Å². The van der Waals surface area contributed by atoms with Crippen LogP contribution in [-0.4, -0.2) is 9.97 Å². The SMILES string of the molecule is CC1=CCCC=C1.Cc1ccccc1-c1cc(-c2ccc3oc4cccc(-c5cccc(-c6nc(-c7ccccc7)cc(-c7ccccc7)n6)c5)c4c3c2)ccc1C. The summed E-state index contributed by atoms with van der Waals surface area (Å²) in [6.45, 7) is 6.50. The summed E-state index contributed by atoms with van der Waals surface area (Å²) in [5, 5.41) is 2.19. The highest BCUT2D eigenvalue weighted by Gasteiger charge is 2.17. The van der Waals surface area contributed by atoms with Crippen LogP contribution in [0.4, 0.5) is 0 Å². The molecule has 280 valence electrons. The lowest BCUT2D eigenvalue weighted by Gasteiger charge is -2.12. The first kappa shape index (κ1) is 36.5. The van der Waals surface area contributed by atoms with Gasteiger partial charge in [0.05, 0.1) is 11.4 Å². The van der Waals surface area contributed by atoms with E-state index in [1.54, 1.807) is 0 Å². The Morgan fingerprint density at radius 2 is 1.05 bits per heavy atom. The number of hydrogen-bond donors (Lipinski definition) is 0. The van der Waals surface area contributed by atoms with E-state index in [0.29, 0.717) is 5.82 Å². The summed E-state index contributed by atoms with van der Waals surface area (Å²) < 4.78 is 6.45. The largest absolute Gasteiger partial charge is 0.456 e. The molecule has 0 saturated carbocycles. The van der Waals surface area contributed by atoms with Crippen LogP contribution in [0.1, 0.15) is 30.9 Å². The lowest BCUT2D eigenvalue weighted by Crippen LogP contribution is -1.96. The standard InChI is InChI=1S/C48H34N2O.C7H10/c1-31-13-9-10-20-39(31)41-28-35(24-23-32(41)2)36-25-26-45-42(29-36)47-40(21-12-22-46(47)51-45)37-18-11-19-38(27-37)48-49-43(33-14-5-3-6-15-33)30-44(50-48)34-16-7-4-8-17-34;1-7-5-3-2-4-6-7/h3-30H,1-2H3;3,5-6H,2,4H2,1H3. The molecule has 0 atom stereocenters.